The SMILES string of the molecule is NC(=O)c1cccc(CNCc2cc(C(=O)O)co2)c1. The van der Waals surface area contributed by atoms with Gasteiger partial charge < -0.3 is 20.6 Å². The summed E-state index contributed by atoms with van der Waals surface area (Å²) in [6.07, 6.45) is 1.20. The standard InChI is InChI=1S/C14H14N2O4/c15-13(17)10-3-1-2-9(4-10)6-16-7-12-5-11(8-20-12)14(18)19/h1-5,8,16H,6-7H2,(H2,15,17)(H,18,19). The van der Waals surface area contributed by atoms with Crippen LogP contribution in [0.1, 0.15) is 32.0 Å². The number of carbonyl (C=O) groups is 2. The van der Waals surface area contributed by atoms with E-state index in [1.165, 1.54) is 12.3 Å². The van der Waals surface area contributed by atoms with Crippen LogP contribution in [0.4, 0.5) is 0 Å². The molecule has 0 unspecified atom stereocenters. The number of nitrogens with one attached hydrogen (secondary N) is 1. The van der Waals surface area contributed by atoms with Crippen molar-refractivity contribution in [1.29, 1.82) is 0 Å². The predicted molar refractivity (Wildman–Crippen MR) is 71.2 cm³/mol. The molecule has 0 aliphatic rings. The topological polar surface area (TPSA) is 106 Å². The van der Waals surface area contributed by atoms with E-state index in [9.17, 15) is 9.59 Å². The molecule has 6 nitrogen and oxygen atoms in total. The van der Waals surface area contributed by atoms with Crippen LogP contribution in [0.5, 0.6) is 0 Å². The maximum absolute atomic E-state index is 11.0. The lowest BCUT2D eigenvalue weighted by Crippen LogP contribution is -2.14. The first-order valence-electron chi connectivity index (χ1n) is 5.96. The highest BCUT2D eigenvalue weighted by molar-refractivity contribution is 5.92. The molecule has 2 aromatic rings. The molecular formula is C14H14N2O4. The number of carboxylic acid groups (broad SMARTS) is 1. The summed E-state index contributed by atoms with van der Waals surface area (Å²) in [5.74, 6) is -0.952. The quantitative estimate of drug-likeness (QED) is 0.737. The van der Waals surface area contributed by atoms with Gasteiger partial charge in [0.05, 0.1) is 12.1 Å². The highest BCUT2D eigenvalue weighted by Gasteiger charge is 2.07. The van der Waals surface area contributed by atoms with Gasteiger partial charge in [-0.25, -0.2) is 4.79 Å². The second-order valence-electron chi connectivity index (χ2n) is 4.28. The average molecular weight is 274 g/mol. The van der Waals surface area contributed by atoms with Crippen molar-refractivity contribution in [2.24, 2.45) is 5.73 Å². The minimum atomic E-state index is -1.02. The molecule has 1 amide bonds. The van der Waals surface area contributed by atoms with E-state index in [2.05, 4.69) is 5.32 Å². The van der Waals surface area contributed by atoms with E-state index in [-0.39, 0.29) is 5.56 Å². The van der Waals surface area contributed by atoms with E-state index in [0.717, 1.165) is 5.56 Å². The smallest absolute Gasteiger partial charge is 0.338 e. The van der Waals surface area contributed by atoms with Crippen molar-refractivity contribution in [3.63, 3.8) is 0 Å². The molecule has 1 aromatic carbocycles. The van der Waals surface area contributed by atoms with Gasteiger partial charge in [-0.15, -0.1) is 0 Å². The third-order valence-corrected chi connectivity index (χ3v) is 2.74. The number of nitrogens with two attached hydrogens (primary N) is 1. The van der Waals surface area contributed by atoms with Gasteiger partial charge in [-0.1, -0.05) is 12.1 Å². The second-order valence-corrected chi connectivity index (χ2v) is 4.28. The number of amides is 1. The number of aromatic carboxylic acids is 1. The zero-order valence-electron chi connectivity index (χ0n) is 10.6. The summed E-state index contributed by atoms with van der Waals surface area (Å²) in [5.41, 5.74) is 6.69. The predicted octanol–water partition coefficient (Wildman–Crippen LogP) is 1.37. The molecule has 0 bridgehead atoms. The number of hydrogen-bond donors (Lipinski definition) is 3. The summed E-state index contributed by atoms with van der Waals surface area (Å²) in [5, 5.41) is 11.9. The van der Waals surface area contributed by atoms with Gasteiger partial charge in [0.2, 0.25) is 5.91 Å². The van der Waals surface area contributed by atoms with E-state index in [1.54, 1.807) is 18.2 Å². The zero-order valence-corrected chi connectivity index (χ0v) is 10.6. The van der Waals surface area contributed by atoms with Crippen LogP contribution in [0, 0.1) is 0 Å². The summed E-state index contributed by atoms with van der Waals surface area (Å²) >= 11 is 0. The zero-order chi connectivity index (χ0) is 14.5. The summed E-state index contributed by atoms with van der Waals surface area (Å²) < 4.78 is 5.11. The van der Waals surface area contributed by atoms with Crippen LogP contribution in [-0.2, 0) is 13.1 Å². The van der Waals surface area contributed by atoms with Crippen molar-refractivity contribution in [2.75, 3.05) is 0 Å². The highest BCUT2D eigenvalue weighted by Crippen LogP contribution is 2.08. The van der Waals surface area contributed by atoms with E-state index in [0.29, 0.717) is 24.4 Å². The molecule has 1 heterocycles. The fraction of sp³-hybridized carbons (Fsp3) is 0.143. The van der Waals surface area contributed by atoms with Gasteiger partial charge in [-0.2, -0.15) is 0 Å². The van der Waals surface area contributed by atoms with Crippen LogP contribution in [0.25, 0.3) is 0 Å². The van der Waals surface area contributed by atoms with Crippen molar-refractivity contribution in [3.8, 4) is 0 Å². The Hall–Kier alpha value is -2.60. The molecular weight excluding hydrogens is 260 g/mol. The van der Waals surface area contributed by atoms with Gasteiger partial charge in [0.15, 0.2) is 0 Å². The fourth-order valence-corrected chi connectivity index (χ4v) is 1.75. The van der Waals surface area contributed by atoms with Crippen molar-refractivity contribution in [2.45, 2.75) is 13.1 Å². The summed E-state index contributed by atoms with van der Waals surface area (Å²) in [6, 6.07) is 8.45. The largest absolute Gasteiger partial charge is 0.478 e. The minimum Gasteiger partial charge on any atom is -0.478 e. The summed E-state index contributed by atoms with van der Waals surface area (Å²) in [7, 11) is 0. The Labute approximate surface area is 115 Å². The van der Waals surface area contributed by atoms with Gasteiger partial charge in [-0.3, -0.25) is 4.79 Å². The lowest BCUT2D eigenvalue weighted by atomic mass is 10.1. The van der Waals surface area contributed by atoms with E-state index < -0.39 is 11.9 Å². The van der Waals surface area contributed by atoms with Crippen molar-refractivity contribution in [1.82, 2.24) is 5.32 Å². The van der Waals surface area contributed by atoms with Crippen LogP contribution in [0.15, 0.2) is 41.0 Å². The lowest BCUT2D eigenvalue weighted by molar-refractivity contribution is 0.0696. The Morgan fingerprint density at radius 2 is 2.00 bits per heavy atom. The minimum absolute atomic E-state index is 0.123. The number of primary amides is 1. The van der Waals surface area contributed by atoms with Crippen molar-refractivity contribution < 1.29 is 19.1 Å². The van der Waals surface area contributed by atoms with Crippen molar-refractivity contribution >= 4 is 11.9 Å². The molecule has 2 rings (SSSR count). The Morgan fingerprint density at radius 1 is 1.20 bits per heavy atom. The number of carboxylic acids is 1. The van der Waals surface area contributed by atoms with E-state index in [4.69, 9.17) is 15.3 Å². The van der Waals surface area contributed by atoms with Gasteiger partial charge in [0, 0.05) is 12.1 Å². The van der Waals surface area contributed by atoms with Crippen molar-refractivity contribution in [3.05, 3.63) is 59.0 Å². The molecule has 0 spiro atoms. The Balaban J connectivity index is 1.90. The molecule has 0 atom stereocenters. The first-order chi connectivity index (χ1) is 9.56. The molecule has 1 aromatic heterocycles. The average Bonchev–Trinajstić information content (AvgIpc) is 2.88. The maximum atomic E-state index is 11.0. The normalized spacial score (nSPS) is 10.4. The van der Waals surface area contributed by atoms with Crippen LogP contribution >= 0.6 is 0 Å². The summed E-state index contributed by atoms with van der Waals surface area (Å²) in [4.78, 5) is 21.7. The van der Waals surface area contributed by atoms with Gasteiger partial charge in [-0.05, 0) is 23.8 Å². The molecule has 0 fully saturated rings. The first-order valence-corrected chi connectivity index (χ1v) is 5.96. The van der Waals surface area contributed by atoms with E-state index in [1.807, 2.05) is 6.07 Å². The fourth-order valence-electron chi connectivity index (χ4n) is 1.75. The Bertz CT molecular complexity index is 634. The number of benzene rings is 1. The molecule has 0 aliphatic heterocycles. The molecule has 20 heavy (non-hydrogen) atoms. The molecule has 104 valence electrons. The number of rotatable bonds is 6. The molecule has 6 heteroatoms. The molecule has 4 N–H and O–H groups in total. The highest BCUT2D eigenvalue weighted by atomic mass is 16.4. The molecule has 0 saturated heterocycles. The third kappa shape index (κ3) is 3.46. The summed E-state index contributed by atoms with van der Waals surface area (Å²) in [6.45, 7) is 0.915. The second kappa shape index (κ2) is 6.03. The lowest BCUT2D eigenvalue weighted by Gasteiger charge is -2.04. The Kier molecular flexibility index (Phi) is 4.17. The van der Waals surface area contributed by atoms with E-state index >= 15 is 0 Å². The van der Waals surface area contributed by atoms with Gasteiger partial charge in [0.1, 0.15) is 12.0 Å². The van der Waals surface area contributed by atoms with Crippen LogP contribution in [0.3, 0.4) is 0 Å². The molecule has 0 saturated carbocycles. The Morgan fingerprint density at radius 3 is 2.65 bits per heavy atom. The first kappa shape index (κ1) is 13.8. The van der Waals surface area contributed by atoms with Crippen LogP contribution < -0.4 is 11.1 Å². The number of hydrogen-bond acceptors (Lipinski definition) is 4. The van der Waals surface area contributed by atoms with Crippen LogP contribution in [-0.4, -0.2) is 17.0 Å². The molecule has 0 radical (unpaired) electrons. The maximum Gasteiger partial charge on any atom is 0.338 e. The van der Waals surface area contributed by atoms with Gasteiger partial charge >= 0.3 is 5.97 Å². The van der Waals surface area contributed by atoms with Crippen LogP contribution in [0.2, 0.25) is 0 Å². The monoisotopic (exact) mass is 274 g/mol. The van der Waals surface area contributed by atoms with Gasteiger partial charge in [0.25, 0.3) is 0 Å². The number of furan rings is 1. The molecule has 0 aliphatic carbocycles. The number of carbonyl (C=O) groups excluding carboxylic acids is 1. The third-order valence-electron chi connectivity index (χ3n) is 2.74.